The molecule has 1 amide bonds. The Morgan fingerprint density at radius 1 is 1.24 bits per heavy atom. The molecule has 0 aliphatic carbocycles. The standard InChI is InChI=1S/C18H16FN3O2S/c1-10(2)16(23)22-18(25)20-11-7-8-15-14(9-11)21-17(24-15)12-5-3-4-6-13(12)19/h3-10H,1-2H3,(H2,20,22,23,25). The SMILES string of the molecule is CC(C)C(=O)NC(=S)Nc1ccc2oc(-c3ccccc3F)nc2c1. The van der Waals surface area contributed by atoms with Crippen LogP contribution in [0.1, 0.15) is 13.8 Å². The third-order valence-electron chi connectivity index (χ3n) is 3.51. The van der Waals surface area contributed by atoms with Crippen molar-refractivity contribution in [2.24, 2.45) is 5.92 Å². The second-order valence-corrected chi connectivity index (χ2v) is 6.19. The van der Waals surface area contributed by atoms with Crippen molar-refractivity contribution >= 4 is 40.0 Å². The number of nitrogens with zero attached hydrogens (tertiary/aromatic N) is 1. The molecule has 0 aliphatic rings. The van der Waals surface area contributed by atoms with Crippen molar-refractivity contribution in [1.82, 2.24) is 10.3 Å². The van der Waals surface area contributed by atoms with Crippen LogP contribution < -0.4 is 10.6 Å². The van der Waals surface area contributed by atoms with Gasteiger partial charge < -0.3 is 15.1 Å². The summed E-state index contributed by atoms with van der Waals surface area (Å²) < 4.78 is 19.5. The number of aromatic nitrogens is 1. The molecule has 0 spiro atoms. The molecule has 2 aromatic carbocycles. The second-order valence-electron chi connectivity index (χ2n) is 5.78. The van der Waals surface area contributed by atoms with E-state index in [1.807, 2.05) is 0 Å². The monoisotopic (exact) mass is 357 g/mol. The topological polar surface area (TPSA) is 67.2 Å². The Morgan fingerprint density at radius 2 is 2.00 bits per heavy atom. The third kappa shape index (κ3) is 3.83. The van der Waals surface area contributed by atoms with Gasteiger partial charge in [0.25, 0.3) is 0 Å². The lowest BCUT2D eigenvalue weighted by atomic mass is 10.2. The minimum atomic E-state index is -0.398. The highest BCUT2D eigenvalue weighted by Crippen LogP contribution is 2.27. The van der Waals surface area contributed by atoms with E-state index in [2.05, 4.69) is 15.6 Å². The Labute approximate surface area is 149 Å². The molecule has 0 aliphatic heterocycles. The maximum Gasteiger partial charge on any atom is 0.230 e. The number of anilines is 1. The molecule has 128 valence electrons. The molecule has 7 heteroatoms. The van der Waals surface area contributed by atoms with E-state index >= 15 is 0 Å². The number of halogens is 1. The van der Waals surface area contributed by atoms with Crippen LogP contribution in [0, 0.1) is 11.7 Å². The summed E-state index contributed by atoms with van der Waals surface area (Å²) in [4.78, 5) is 16.0. The summed E-state index contributed by atoms with van der Waals surface area (Å²) >= 11 is 5.12. The minimum Gasteiger partial charge on any atom is -0.436 e. The minimum absolute atomic E-state index is 0.165. The first kappa shape index (κ1) is 17.0. The Morgan fingerprint density at radius 3 is 2.72 bits per heavy atom. The highest BCUT2D eigenvalue weighted by Gasteiger charge is 2.13. The summed E-state index contributed by atoms with van der Waals surface area (Å²) in [5.41, 5.74) is 2.03. The van der Waals surface area contributed by atoms with E-state index in [1.54, 1.807) is 50.2 Å². The number of carbonyl (C=O) groups excluding carboxylic acids is 1. The van der Waals surface area contributed by atoms with Gasteiger partial charge in [0.05, 0.1) is 5.56 Å². The first-order valence-corrected chi connectivity index (χ1v) is 8.12. The van der Waals surface area contributed by atoms with Gasteiger partial charge in [0.2, 0.25) is 11.8 Å². The predicted molar refractivity (Wildman–Crippen MR) is 98.6 cm³/mol. The number of oxazole rings is 1. The van der Waals surface area contributed by atoms with Gasteiger partial charge >= 0.3 is 0 Å². The van der Waals surface area contributed by atoms with E-state index in [9.17, 15) is 9.18 Å². The highest BCUT2D eigenvalue weighted by atomic mass is 32.1. The molecule has 3 aromatic rings. The van der Waals surface area contributed by atoms with Gasteiger partial charge in [-0.05, 0) is 42.5 Å². The summed E-state index contributed by atoms with van der Waals surface area (Å²) in [6.45, 7) is 3.56. The normalized spacial score (nSPS) is 10.9. The largest absolute Gasteiger partial charge is 0.436 e. The number of thiocarbonyl (C=S) groups is 1. The molecule has 0 atom stereocenters. The van der Waals surface area contributed by atoms with Crippen molar-refractivity contribution < 1.29 is 13.6 Å². The zero-order valence-corrected chi connectivity index (χ0v) is 14.5. The summed E-state index contributed by atoms with van der Waals surface area (Å²) in [6, 6.07) is 11.5. The molecular weight excluding hydrogens is 341 g/mol. The molecule has 1 heterocycles. The van der Waals surface area contributed by atoms with Crippen LogP contribution in [0.25, 0.3) is 22.6 Å². The molecule has 2 N–H and O–H groups in total. The molecule has 0 fully saturated rings. The fraction of sp³-hybridized carbons (Fsp3) is 0.167. The molecule has 0 saturated carbocycles. The molecule has 25 heavy (non-hydrogen) atoms. The van der Waals surface area contributed by atoms with Crippen LogP contribution in [0.3, 0.4) is 0 Å². The number of benzene rings is 2. The van der Waals surface area contributed by atoms with E-state index in [4.69, 9.17) is 16.6 Å². The summed E-state index contributed by atoms with van der Waals surface area (Å²) in [7, 11) is 0. The molecule has 0 bridgehead atoms. The molecular formula is C18H16FN3O2S. The van der Waals surface area contributed by atoms with Crippen LogP contribution in [0.4, 0.5) is 10.1 Å². The van der Waals surface area contributed by atoms with Crippen LogP contribution in [0.15, 0.2) is 46.9 Å². The van der Waals surface area contributed by atoms with Gasteiger partial charge in [0, 0.05) is 11.6 Å². The Bertz CT molecular complexity index is 952. The van der Waals surface area contributed by atoms with Crippen molar-refractivity contribution in [2.45, 2.75) is 13.8 Å². The number of carbonyl (C=O) groups is 1. The Hall–Kier alpha value is -2.80. The summed E-state index contributed by atoms with van der Waals surface area (Å²) in [6.07, 6.45) is 0. The van der Waals surface area contributed by atoms with E-state index < -0.39 is 5.82 Å². The lowest BCUT2D eigenvalue weighted by Gasteiger charge is -2.10. The molecule has 1 aromatic heterocycles. The third-order valence-corrected chi connectivity index (χ3v) is 3.71. The van der Waals surface area contributed by atoms with E-state index in [1.165, 1.54) is 6.07 Å². The van der Waals surface area contributed by atoms with Gasteiger partial charge in [-0.25, -0.2) is 9.37 Å². The van der Waals surface area contributed by atoms with Crippen molar-refractivity contribution in [3.05, 3.63) is 48.3 Å². The zero-order chi connectivity index (χ0) is 18.0. The predicted octanol–water partition coefficient (Wildman–Crippen LogP) is 4.10. The van der Waals surface area contributed by atoms with Gasteiger partial charge in [-0.3, -0.25) is 4.79 Å². The van der Waals surface area contributed by atoms with Crippen molar-refractivity contribution in [3.63, 3.8) is 0 Å². The molecule has 5 nitrogen and oxygen atoms in total. The quantitative estimate of drug-likeness (QED) is 0.691. The molecule has 3 rings (SSSR count). The van der Waals surface area contributed by atoms with E-state index in [0.29, 0.717) is 22.4 Å². The lowest BCUT2D eigenvalue weighted by molar-refractivity contribution is -0.122. The van der Waals surface area contributed by atoms with Gasteiger partial charge in [-0.2, -0.15) is 0 Å². The van der Waals surface area contributed by atoms with Crippen LogP contribution >= 0.6 is 12.2 Å². The summed E-state index contributed by atoms with van der Waals surface area (Å²) in [5.74, 6) is -0.520. The maximum absolute atomic E-state index is 13.9. The van der Waals surface area contributed by atoms with Crippen molar-refractivity contribution in [3.8, 4) is 11.5 Å². The van der Waals surface area contributed by atoms with Crippen molar-refractivity contribution in [2.75, 3.05) is 5.32 Å². The Balaban J connectivity index is 1.82. The number of nitrogens with one attached hydrogen (secondary N) is 2. The lowest BCUT2D eigenvalue weighted by Crippen LogP contribution is -2.36. The van der Waals surface area contributed by atoms with E-state index in [0.717, 1.165) is 0 Å². The van der Waals surface area contributed by atoms with Crippen LogP contribution in [-0.2, 0) is 4.79 Å². The molecule has 0 radical (unpaired) electrons. The Kier molecular flexibility index (Phi) is 4.76. The van der Waals surface area contributed by atoms with Crippen LogP contribution in [0.5, 0.6) is 0 Å². The zero-order valence-electron chi connectivity index (χ0n) is 13.7. The van der Waals surface area contributed by atoms with Crippen LogP contribution in [0.2, 0.25) is 0 Å². The molecule has 0 unspecified atom stereocenters. The first-order valence-electron chi connectivity index (χ1n) is 7.71. The number of hydrogen-bond acceptors (Lipinski definition) is 4. The second kappa shape index (κ2) is 6.98. The fourth-order valence-corrected chi connectivity index (χ4v) is 2.39. The fourth-order valence-electron chi connectivity index (χ4n) is 2.17. The maximum atomic E-state index is 13.9. The van der Waals surface area contributed by atoms with E-state index in [-0.39, 0.29) is 22.8 Å². The van der Waals surface area contributed by atoms with Gasteiger partial charge in [-0.15, -0.1) is 0 Å². The van der Waals surface area contributed by atoms with Crippen LogP contribution in [-0.4, -0.2) is 16.0 Å². The highest BCUT2D eigenvalue weighted by molar-refractivity contribution is 7.80. The smallest absolute Gasteiger partial charge is 0.230 e. The van der Waals surface area contributed by atoms with Gasteiger partial charge in [0.1, 0.15) is 11.3 Å². The number of fused-ring (bicyclic) bond motifs is 1. The van der Waals surface area contributed by atoms with Crippen molar-refractivity contribution in [1.29, 1.82) is 0 Å². The average molecular weight is 357 g/mol. The number of amides is 1. The first-order chi connectivity index (χ1) is 11.9. The number of rotatable bonds is 3. The molecule has 0 saturated heterocycles. The summed E-state index contributed by atoms with van der Waals surface area (Å²) in [5, 5.41) is 5.73. The number of hydrogen-bond donors (Lipinski definition) is 2. The van der Waals surface area contributed by atoms with Gasteiger partial charge in [-0.1, -0.05) is 26.0 Å². The average Bonchev–Trinajstić information content (AvgIpc) is 2.97. The van der Waals surface area contributed by atoms with Gasteiger partial charge in [0.15, 0.2) is 10.7 Å².